The van der Waals surface area contributed by atoms with Crippen molar-refractivity contribution in [3.63, 3.8) is 0 Å². The van der Waals surface area contributed by atoms with Gasteiger partial charge in [-0.3, -0.25) is 0 Å². The van der Waals surface area contributed by atoms with Crippen molar-refractivity contribution in [3.8, 4) is 5.75 Å². The number of allylic oxidation sites excluding steroid dienone is 2. The Balaban J connectivity index is 1.48. The maximum atomic E-state index is 5.70. The Bertz CT molecular complexity index is 427. The zero-order valence-electron chi connectivity index (χ0n) is 10.8. The summed E-state index contributed by atoms with van der Waals surface area (Å²) in [6.45, 7) is 3.01. The van der Waals surface area contributed by atoms with Crippen molar-refractivity contribution in [2.75, 3.05) is 19.7 Å². The fourth-order valence-electron chi connectivity index (χ4n) is 2.90. The van der Waals surface area contributed by atoms with E-state index in [0.29, 0.717) is 5.92 Å². The molecule has 0 fully saturated rings. The highest BCUT2D eigenvalue weighted by Crippen LogP contribution is 2.32. The van der Waals surface area contributed by atoms with E-state index in [4.69, 9.17) is 4.74 Å². The summed E-state index contributed by atoms with van der Waals surface area (Å²) in [7, 11) is 0. The summed E-state index contributed by atoms with van der Waals surface area (Å²) >= 11 is 0. The Kier molecular flexibility index (Phi) is 3.65. The van der Waals surface area contributed by atoms with Gasteiger partial charge < -0.3 is 10.1 Å². The first-order chi connectivity index (χ1) is 8.93. The van der Waals surface area contributed by atoms with Gasteiger partial charge in [-0.25, -0.2) is 0 Å². The van der Waals surface area contributed by atoms with Crippen LogP contribution in [0.5, 0.6) is 5.75 Å². The minimum Gasteiger partial charge on any atom is -0.493 e. The molecule has 1 aromatic rings. The molecule has 0 saturated carbocycles. The van der Waals surface area contributed by atoms with E-state index in [-0.39, 0.29) is 0 Å². The van der Waals surface area contributed by atoms with Crippen molar-refractivity contribution in [1.29, 1.82) is 0 Å². The molecule has 0 bridgehead atoms. The van der Waals surface area contributed by atoms with Crippen molar-refractivity contribution < 1.29 is 4.74 Å². The Morgan fingerprint density at radius 1 is 1.17 bits per heavy atom. The second-order valence-corrected chi connectivity index (χ2v) is 5.35. The lowest BCUT2D eigenvalue weighted by molar-refractivity contribution is 0.322. The summed E-state index contributed by atoms with van der Waals surface area (Å²) < 4.78 is 5.70. The fourth-order valence-corrected chi connectivity index (χ4v) is 2.90. The molecule has 0 aromatic heterocycles. The lowest BCUT2D eigenvalue weighted by Crippen LogP contribution is -2.28. The zero-order chi connectivity index (χ0) is 12.2. The van der Waals surface area contributed by atoms with Crippen LogP contribution in [0.25, 0.3) is 0 Å². The van der Waals surface area contributed by atoms with Crippen molar-refractivity contribution in [1.82, 2.24) is 5.32 Å². The van der Waals surface area contributed by atoms with Crippen LogP contribution in [-0.2, 0) is 0 Å². The molecule has 18 heavy (non-hydrogen) atoms. The van der Waals surface area contributed by atoms with Gasteiger partial charge in [-0.1, -0.05) is 30.4 Å². The van der Waals surface area contributed by atoms with Gasteiger partial charge in [0.05, 0.1) is 6.61 Å². The molecule has 1 aromatic carbocycles. The molecule has 2 unspecified atom stereocenters. The lowest BCUT2D eigenvalue weighted by Gasteiger charge is -2.19. The fraction of sp³-hybridized carbons (Fsp3) is 0.500. The van der Waals surface area contributed by atoms with Crippen LogP contribution in [0.1, 0.15) is 30.7 Å². The van der Waals surface area contributed by atoms with Crippen LogP contribution >= 0.6 is 0 Å². The van der Waals surface area contributed by atoms with Crippen molar-refractivity contribution in [2.24, 2.45) is 5.92 Å². The molecule has 1 aliphatic heterocycles. The number of fused-ring (bicyclic) bond motifs is 1. The maximum absolute atomic E-state index is 5.70. The van der Waals surface area contributed by atoms with E-state index in [9.17, 15) is 0 Å². The summed E-state index contributed by atoms with van der Waals surface area (Å²) in [6, 6.07) is 8.41. The zero-order valence-corrected chi connectivity index (χ0v) is 10.8. The van der Waals surface area contributed by atoms with E-state index < -0.39 is 0 Å². The third kappa shape index (κ3) is 2.59. The quantitative estimate of drug-likeness (QED) is 0.820. The van der Waals surface area contributed by atoms with Crippen LogP contribution in [0.4, 0.5) is 0 Å². The summed E-state index contributed by atoms with van der Waals surface area (Å²) in [5.74, 6) is 2.43. The third-order valence-corrected chi connectivity index (χ3v) is 4.00. The first-order valence-electron chi connectivity index (χ1n) is 7.01. The van der Waals surface area contributed by atoms with E-state index in [2.05, 4.69) is 35.7 Å². The minimum absolute atomic E-state index is 0.528. The van der Waals surface area contributed by atoms with E-state index in [0.717, 1.165) is 31.4 Å². The highest BCUT2D eigenvalue weighted by Gasteiger charge is 2.23. The average molecular weight is 243 g/mol. The molecule has 1 heterocycles. The molecule has 1 aliphatic carbocycles. The number of ether oxygens (including phenoxy) is 1. The van der Waals surface area contributed by atoms with Gasteiger partial charge >= 0.3 is 0 Å². The van der Waals surface area contributed by atoms with Crippen LogP contribution < -0.4 is 10.1 Å². The van der Waals surface area contributed by atoms with E-state index in [1.54, 1.807) is 0 Å². The predicted octanol–water partition coefficient (Wildman–Crippen LogP) is 3.11. The first-order valence-corrected chi connectivity index (χ1v) is 7.01. The minimum atomic E-state index is 0.528. The molecular formula is C16H21NO. The van der Waals surface area contributed by atoms with Crippen LogP contribution in [0.3, 0.4) is 0 Å². The summed E-state index contributed by atoms with van der Waals surface area (Å²) in [5, 5.41) is 3.62. The van der Waals surface area contributed by atoms with E-state index in [1.807, 2.05) is 6.07 Å². The van der Waals surface area contributed by atoms with E-state index in [1.165, 1.54) is 24.8 Å². The maximum Gasteiger partial charge on any atom is 0.122 e. The van der Waals surface area contributed by atoms with Gasteiger partial charge in [0, 0.05) is 18.0 Å². The Morgan fingerprint density at radius 3 is 3.00 bits per heavy atom. The van der Waals surface area contributed by atoms with Crippen molar-refractivity contribution in [3.05, 3.63) is 42.0 Å². The van der Waals surface area contributed by atoms with Gasteiger partial charge in [-0.15, -0.1) is 0 Å². The smallest absolute Gasteiger partial charge is 0.122 e. The molecule has 2 nitrogen and oxygen atoms in total. The van der Waals surface area contributed by atoms with Crippen LogP contribution in [-0.4, -0.2) is 19.7 Å². The molecule has 0 amide bonds. The molecule has 0 spiro atoms. The lowest BCUT2D eigenvalue weighted by atomic mass is 9.94. The Labute approximate surface area is 109 Å². The van der Waals surface area contributed by atoms with Crippen molar-refractivity contribution >= 4 is 0 Å². The molecule has 2 atom stereocenters. The van der Waals surface area contributed by atoms with E-state index >= 15 is 0 Å². The molecule has 96 valence electrons. The second-order valence-electron chi connectivity index (χ2n) is 5.35. The molecule has 2 aliphatic rings. The van der Waals surface area contributed by atoms with Crippen LogP contribution in [0, 0.1) is 5.92 Å². The topological polar surface area (TPSA) is 21.3 Å². The molecule has 1 N–H and O–H groups in total. The molecular weight excluding hydrogens is 222 g/mol. The molecule has 2 heteroatoms. The molecule has 0 radical (unpaired) electrons. The molecule has 0 saturated heterocycles. The predicted molar refractivity (Wildman–Crippen MR) is 74.0 cm³/mol. The number of nitrogens with one attached hydrogen (secondary N) is 1. The SMILES string of the molecule is C1=CCC(CNCC2COc3ccccc32)CC1. The first kappa shape index (κ1) is 11.8. The Hall–Kier alpha value is -1.28. The van der Waals surface area contributed by atoms with Gasteiger partial charge in [0.1, 0.15) is 5.75 Å². The van der Waals surface area contributed by atoms with Gasteiger partial charge in [-0.2, -0.15) is 0 Å². The number of hydrogen-bond donors (Lipinski definition) is 1. The highest BCUT2D eigenvalue weighted by atomic mass is 16.5. The van der Waals surface area contributed by atoms with Gasteiger partial charge in [0.2, 0.25) is 0 Å². The van der Waals surface area contributed by atoms with Gasteiger partial charge in [0.15, 0.2) is 0 Å². The summed E-state index contributed by atoms with van der Waals surface area (Å²) in [5.41, 5.74) is 1.37. The largest absolute Gasteiger partial charge is 0.493 e. The summed E-state index contributed by atoms with van der Waals surface area (Å²) in [6.07, 6.45) is 8.45. The number of para-hydroxylation sites is 1. The summed E-state index contributed by atoms with van der Waals surface area (Å²) in [4.78, 5) is 0. The normalized spacial score (nSPS) is 25.8. The van der Waals surface area contributed by atoms with Crippen molar-refractivity contribution in [2.45, 2.75) is 25.2 Å². The van der Waals surface area contributed by atoms with Crippen LogP contribution in [0.15, 0.2) is 36.4 Å². The monoisotopic (exact) mass is 243 g/mol. The number of hydrogen-bond acceptors (Lipinski definition) is 2. The number of benzene rings is 1. The van der Waals surface area contributed by atoms with Crippen LogP contribution in [0.2, 0.25) is 0 Å². The third-order valence-electron chi connectivity index (χ3n) is 4.00. The van der Waals surface area contributed by atoms with Gasteiger partial charge in [0.25, 0.3) is 0 Å². The average Bonchev–Trinajstić information content (AvgIpc) is 2.84. The Morgan fingerprint density at radius 2 is 2.11 bits per heavy atom. The standard InChI is InChI=1S/C16H21NO/c1-2-6-13(7-3-1)10-17-11-14-12-18-16-9-5-4-8-15(14)16/h1-2,4-5,8-9,13-14,17H,3,6-7,10-12H2. The van der Waals surface area contributed by atoms with Gasteiger partial charge in [-0.05, 0) is 37.8 Å². The second kappa shape index (κ2) is 5.57. The molecule has 3 rings (SSSR count). The highest BCUT2D eigenvalue weighted by molar-refractivity contribution is 5.39. The number of rotatable bonds is 4.